The fraction of sp³-hybridized carbons (Fsp3) is 0.424. The maximum Gasteiger partial charge on any atom is 0.320 e. The molecule has 3 atom stereocenters. The van der Waals surface area contributed by atoms with Crippen LogP contribution < -0.4 is 9.64 Å². The van der Waals surface area contributed by atoms with Crippen molar-refractivity contribution in [2.75, 3.05) is 37.8 Å². The van der Waals surface area contributed by atoms with E-state index >= 15 is 8.78 Å². The molecular weight excluding hydrogens is 596 g/mol. The summed E-state index contributed by atoms with van der Waals surface area (Å²) in [5, 5.41) is 20.7. The lowest BCUT2D eigenvalue weighted by Gasteiger charge is -2.41. The van der Waals surface area contributed by atoms with Crippen molar-refractivity contribution < 1.29 is 28.2 Å². The Kier molecular flexibility index (Phi) is 7.27. The summed E-state index contributed by atoms with van der Waals surface area (Å²) < 4.78 is 38.6. The third-order valence-corrected chi connectivity index (χ3v) is 9.67. The molecule has 2 saturated heterocycles. The molecule has 238 valence electrons. The van der Waals surface area contributed by atoms with Crippen molar-refractivity contribution in [2.45, 2.75) is 56.8 Å². The van der Waals surface area contributed by atoms with Gasteiger partial charge in [-0.1, -0.05) is 24.8 Å². The summed E-state index contributed by atoms with van der Waals surface area (Å²) in [6.07, 6.45) is 3.33. The first-order chi connectivity index (χ1) is 22.1. The summed E-state index contributed by atoms with van der Waals surface area (Å²) in [4.78, 5) is 42.6. The van der Waals surface area contributed by atoms with E-state index in [1.807, 2.05) is 4.90 Å². The van der Waals surface area contributed by atoms with Crippen LogP contribution in [0.3, 0.4) is 0 Å². The molecule has 2 fully saturated rings. The van der Waals surface area contributed by atoms with Crippen LogP contribution in [0.15, 0.2) is 43.0 Å². The van der Waals surface area contributed by atoms with Gasteiger partial charge in [-0.3, -0.25) is 14.5 Å². The van der Waals surface area contributed by atoms with Gasteiger partial charge in [0, 0.05) is 43.3 Å². The van der Waals surface area contributed by atoms with Crippen LogP contribution in [-0.2, 0) is 17.3 Å². The molecule has 2 amide bonds. The molecular formula is C33H33F2N7O4. The number of amides is 2. The number of aromatic nitrogens is 2. The van der Waals surface area contributed by atoms with Crippen molar-refractivity contribution in [3.63, 3.8) is 0 Å². The first kappa shape index (κ1) is 29.9. The highest BCUT2D eigenvalue weighted by Crippen LogP contribution is 2.56. The number of piperazine rings is 1. The quantitative estimate of drug-likeness (QED) is 0.385. The number of alkyl halides is 2. The van der Waals surface area contributed by atoms with Crippen molar-refractivity contribution in [3.8, 4) is 17.8 Å². The zero-order chi connectivity index (χ0) is 32.3. The minimum atomic E-state index is -3.44. The van der Waals surface area contributed by atoms with E-state index in [0.29, 0.717) is 34.7 Å². The van der Waals surface area contributed by atoms with Crippen LogP contribution in [0.2, 0.25) is 0 Å². The third-order valence-electron chi connectivity index (χ3n) is 9.67. The van der Waals surface area contributed by atoms with Gasteiger partial charge in [-0.15, -0.1) is 0 Å². The SMILES string of the molecule is C=CC(=O)N1CCN(c2nc(OCN3CCCC3C)nc3c2CN(C2c4cc(O)cc5cccc(c45)C2(F)F)C3=O)C[C@@H]1CC#N. The van der Waals surface area contributed by atoms with E-state index in [1.165, 1.54) is 30.3 Å². The Morgan fingerprint density at radius 1 is 1.26 bits per heavy atom. The molecule has 7 rings (SSSR count). The molecule has 1 aliphatic carbocycles. The predicted octanol–water partition coefficient (Wildman–Crippen LogP) is 4.08. The number of rotatable bonds is 7. The zero-order valence-electron chi connectivity index (χ0n) is 25.3. The molecule has 4 aliphatic rings. The number of hydrogen-bond donors (Lipinski definition) is 1. The lowest BCUT2D eigenvalue weighted by Crippen LogP contribution is -2.55. The van der Waals surface area contributed by atoms with Crippen LogP contribution in [0, 0.1) is 11.3 Å². The average Bonchev–Trinajstić information content (AvgIpc) is 3.67. The van der Waals surface area contributed by atoms with E-state index < -0.39 is 23.9 Å². The van der Waals surface area contributed by atoms with Crippen LogP contribution in [0.25, 0.3) is 10.8 Å². The van der Waals surface area contributed by atoms with E-state index in [1.54, 1.807) is 11.0 Å². The lowest BCUT2D eigenvalue weighted by atomic mass is 10.0. The van der Waals surface area contributed by atoms with Crippen LogP contribution in [0.1, 0.15) is 59.4 Å². The van der Waals surface area contributed by atoms with Crippen LogP contribution in [0.5, 0.6) is 11.8 Å². The number of fused-ring (bicyclic) bond motifs is 1. The number of aromatic hydroxyl groups is 1. The van der Waals surface area contributed by atoms with Gasteiger partial charge in [-0.25, -0.2) is 0 Å². The number of nitrogens with zero attached hydrogens (tertiary/aromatic N) is 7. The smallest absolute Gasteiger partial charge is 0.320 e. The highest BCUT2D eigenvalue weighted by molar-refractivity contribution is 6.00. The number of ether oxygens (including phenoxy) is 1. The molecule has 0 saturated carbocycles. The van der Waals surface area contributed by atoms with Gasteiger partial charge in [0.15, 0.2) is 0 Å². The minimum Gasteiger partial charge on any atom is -0.508 e. The van der Waals surface area contributed by atoms with E-state index in [0.717, 1.165) is 24.3 Å². The maximum absolute atomic E-state index is 16.3. The molecule has 3 aromatic rings. The van der Waals surface area contributed by atoms with Crippen molar-refractivity contribution in [3.05, 3.63) is 65.4 Å². The summed E-state index contributed by atoms with van der Waals surface area (Å²) in [5.74, 6) is -4.26. The first-order valence-electron chi connectivity index (χ1n) is 15.4. The second-order valence-corrected chi connectivity index (χ2v) is 12.3. The molecule has 4 heterocycles. The minimum absolute atomic E-state index is 0.0287. The molecule has 1 aromatic heterocycles. The fourth-order valence-corrected chi connectivity index (χ4v) is 7.39. The summed E-state index contributed by atoms with van der Waals surface area (Å²) in [6.45, 7) is 7.34. The average molecular weight is 630 g/mol. The predicted molar refractivity (Wildman–Crippen MR) is 163 cm³/mol. The van der Waals surface area contributed by atoms with E-state index in [4.69, 9.17) is 9.72 Å². The molecule has 11 nitrogen and oxygen atoms in total. The Bertz CT molecular complexity index is 1810. The Morgan fingerprint density at radius 2 is 2.09 bits per heavy atom. The number of likely N-dealkylation sites (tertiary alicyclic amines) is 1. The van der Waals surface area contributed by atoms with Gasteiger partial charge in [0.25, 0.3) is 11.8 Å². The number of phenols is 1. The molecule has 3 aliphatic heterocycles. The van der Waals surface area contributed by atoms with Crippen LogP contribution in [-0.4, -0.2) is 86.6 Å². The van der Waals surface area contributed by atoms with Gasteiger partial charge in [0.2, 0.25) is 5.91 Å². The highest BCUT2D eigenvalue weighted by Gasteiger charge is 2.56. The number of halogens is 2. The Balaban J connectivity index is 1.28. The van der Waals surface area contributed by atoms with Gasteiger partial charge < -0.3 is 24.5 Å². The van der Waals surface area contributed by atoms with E-state index in [9.17, 15) is 20.0 Å². The fourth-order valence-electron chi connectivity index (χ4n) is 7.39. The Labute approximate surface area is 264 Å². The van der Waals surface area contributed by atoms with Crippen molar-refractivity contribution >= 4 is 28.4 Å². The highest BCUT2D eigenvalue weighted by atomic mass is 19.3. The number of hydrogen-bond acceptors (Lipinski definition) is 9. The topological polar surface area (TPSA) is 126 Å². The van der Waals surface area contributed by atoms with Gasteiger partial charge in [-0.05, 0) is 54.3 Å². The molecule has 0 spiro atoms. The molecule has 46 heavy (non-hydrogen) atoms. The lowest BCUT2D eigenvalue weighted by molar-refractivity contribution is -0.128. The molecule has 2 aromatic carbocycles. The molecule has 0 radical (unpaired) electrons. The third kappa shape index (κ3) is 4.70. The standard InChI is InChI=1S/C33H33F2N7O4/c1-3-26(44)41-13-12-39(16-21(41)9-10-36)30-24-17-42(31(45)28(24)37-32(38-30)46-18-40-11-5-6-19(40)2)29-23-15-22(43)14-20-7-4-8-25(27(20)23)33(29,34)35/h3-4,7-8,14-15,19,21,29,43H,1,5-6,9,11-13,16-18H2,2H3/t19?,21-,29?/m0/s1. The summed E-state index contributed by atoms with van der Waals surface area (Å²) in [7, 11) is 0. The normalized spacial score (nSPS) is 23.6. The first-order valence-corrected chi connectivity index (χ1v) is 15.4. The largest absolute Gasteiger partial charge is 0.508 e. The van der Waals surface area contributed by atoms with Gasteiger partial charge >= 0.3 is 6.01 Å². The second kappa shape index (κ2) is 11.2. The maximum atomic E-state index is 16.3. The number of carbonyl (C=O) groups is 2. The number of nitriles is 1. The van der Waals surface area contributed by atoms with Gasteiger partial charge in [-0.2, -0.15) is 24.0 Å². The van der Waals surface area contributed by atoms with Crippen molar-refractivity contribution in [1.82, 2.24) is 24.7 Å². The van der Waals surface area contributed by atoms with Gasteiger partial charge in [0.05, 0.1) is 25.1 Å². The number of anilines is 1. The van der Waals surface area contributed by atoms with E-state index in [-0.39, 0.29) is 67.3 Å². The van der Waals surface area contributed by atoms with Crippen molar-refractivity contribution in [2.24, 2.45) is 0 Å². The Hall–Kier alpha value is -4.83. The molecule has 1 N–H and O–H groups in total. The molecule has 13 heteroatoms. The number of benzene rings is 2. The molecule has 0 bridgehead atoms. The van der Waals surface area contributed by atoms with Crippen LogP contribution >= 0.6 is 0 Å². The summed E-state index contributed by atoms with van der Waals surface area (Å²) >= 11 is 0. The summed E-state index contributed by atoms with van der Waals surface area (Å²) in [5.41, 5.74) is 0.302. The molecule has 2 unspecified atom stereocenters. The van der Waals surface area contributed by atoms with Crippen molar-refractivity contribution in [1.29, 1.82) is 5.26 Å². The number of phenolic OH excluding ortho intramolecular Hbond substituents is 1. The van der Waals surface area contributed by atoms with E-state index in [2.05, 4.69) is 29.5 Å². The van der Waals surface area contributed by atoms with Crippen LogP contribution in [0.4, 0.5) is 14.6 Å². The second-order valence-electron chi connectivity index (χ2n) is 12.3. The van der Waals surface area contributed by atoms with Gasteiger partial charge in [0.1, 0.15) is 30.0 Å². The monoisotopic (exact) mass is 629 g/mol. The Morgan fingerprint density at radius 3 is 2.83 bits per heavy atom. The zero-order valence-corrected chi connectivity index (χ0v) is 25.3. The summed E-state index contributed by atoms with van der Waals surface area (Å²) in [6, 6.07) is 7.49. The number of carbonyl (C=O) groups excluding carboxylic acids is 2.